The van der Waals surface area contributed by atoms with E-state index in [1.165, 1.54) is 11.3 Å². The number of halogens is 1. The molecule has 6 rings (SSSR count). The van der Waals surface area contributed by atoms with Crippen LogP contribution >= 0.6 is 0 Å². The van der Waals surface area contributed by atoms with Gasteiger partial charge in [-0.25, -0.2) is 4.39 Å². The Balaban J connectivity index is 1.44. The van der Waals surface area contributed by atoms with Crippen molar-refractivity contribution in [3.8, 4) is 11.1 Å². The summed E-state index contributed by atoms with van der Waals surface area (Å²) in [6.07, 6.45) is 7.43. The van der Waals surface area contributed by atoms with Gasteiger partial charge in [0.2, 0.25) is 0 Å². The van der Waals surface area contributed by atoms with Crippen LogP contribution in [-0.2, 0) is 31.2 Å². The van der Waals surface area contributed by atoms with Crippen LogP contribution in [0.4, 0.5) is 15.9 Å². The van der Waals surface area contributed by atoms with Crippen LogP contribution in [-0.4, -0.2) is 50.8 Å². The molecule has 34 heavy (non-hydrogen) atoms. The first-order chi connectivity index (χ1) is 16.5. The van der Waals surface area contributed by atoms with Crippen molar-refractivity contribution in [2.45, 2.75) is 45.2 Å². The van der Waals surface area contributed by atoms with Crippen LogP contribution in [0.25, 0.3) is 11.1 Å². The molecule has 3 aliphatic rings. The molecular weight excluding hydrogens is 431 g/mol. The maximum atomic E-state index is 15.4. The molecule has 0 saturated carbocycles. The second-order valence-electron chi connectivity index (χ2n) is 9.74. The van der Waals surface area contributed by atoms with E-state index in [0.29, 0.717) is 12.2 Å². The Morgan fingerprint density at radius 1 is 1.24 bits per heavy atom. The molecule has 5 heterocycles. The highest BCUT2D eigenvalue weighted by Crippen LogP contribution is 2.41. The largest absolute Gasteiger partial charge is 0.379 e. The van der Waals surface area contributed by atoms with E-state index in [9.17, 15) is 0 Å². The number of allylic oxidation sites excluding steroid dienone is 1. The minimum atomic E-state index is -0.222. The Morgan fingerprint density at radius 2 is 2.12 bits per heavy atom. The fraction of sp³-hybridized carbons (Fsp3) is 0.462. The molecule has 0 amide bonds. The van der Waals surface area contributed by atoms with Gasteiger partial charge in [-0.05, 0) is 43.9 Å². The molecule has 3 aromatic rings. The summed E-state index contributed by atoms with van der Waals surface area (Å²) in [5.74, 6) is 0.738. The van der Waals surface area contributed by atoms with Gasteiger partial charge in [-0.1, -0.05) is 6.58 Å². The van der Waals surface area contributed by atoms with Crippen LogP contribution in [0.2, 0.25) is 0 Å². The fourth-order valence-electron chi connectivity index (χ4n) is 5.60. The van der Waals surface area contributed by atoms with E-state index < -0.39 is 0 Å². The van der Waals surface area contributed by atoms with E-state index in [1.807, 2.05) is 19.3 Å². The summed E-state index contributed by atoms with van der Waals surface area (Å²) in [5.41, 5.74) is 7.11. The minimum absolute atomic E-state index is 0.222. The van der Waals surface area contributed by atoms with Crippen LogP contribution in [0.15, 0.2) is 36.8 Å². The predicted octanol–water partition coefficient (Wildman–Crippen LogP) is 4.36. The Hall–Kier alpha value is -3.13. The highest BCUT2D eigenvalue weighted by atomic mass is 19.1. The van der Waals surface area contributed by atoms with Crippen molar-refractivity contribution in [1.82, 2.24) is 24.5 Å². The summed E-state index contributed by atoms with van der Waals surface area (Å²) in [4.78, 5) is 4.56. The maximum absolute atomic E-state index is 15.4. The Kier molecular flexibility index (Phi) is 5.21. The molecule has 1 atom stereocenters. The van der Waals surface area contributed by atoms with Gasteiger partial charge in [-0.15, -0.1) is 0 Å². The van der Waals surface area contributed by atoms with Crippen LogP contribution in [0.1, 0.15) is 42.6 Å². The zero-order chi connectivity index (χ0) is 23.4. The summed E-state index contributed by atoms with van der Waals surface area (Å²) in [5, 5.41) is 9.40. The second-order valence-corrected chi connectivity index (χ2v) is 9.74. The molecule has 178 valence electrons. The average Bonchev–Trinajstić information content (AvgIpc) is 3.57. The summed E-state index contributed by atoms with van der Waals surface area (Å²) in [6.45, 7) is 10.3. The lowest BCUT2D eigenvalue weighted by Crippen LogP contribution is -2.31. The van der Waals surface area contributed by atoms with Crippen molar-refractivity contribution in [1.29, 1.82) is 0 Å². The summed E-state index contributed by atoms with van der Waals surface area (Å²) >= 11 is 0. The van der Waals surface area contributed by atoms with Gasteiger partial charge in [0, 0.05) is 79.7 Å². The van der Waals surface area contributed by atoms with Crippen molar-refractivity contribution in [3.05, 3.63) is 59.4 Å². The molecule has 0 spiro atoms. The first-order valence-electron chi connectivity index (χ1n) is 12.2. The number of fused-ring (bicyclic) bond motifs is 2. The number of ether oxygens (including phenoxy) is 1. The van der Waals surface area contributed by atoms with Crippen LogP contribution < -0.4 is 4.90 Å². The van der Waals surface area contributed by atoms with Gasteiger partial charge >= 0.3 is 0 Å². The quantitative estimate of drug-likeness (QED) is 0.577. The molecule has 0 aliphatic carbocycles. The molecule has 3 aliphatic heterocycles. The van der Waals surface area contributed by atoms with E-state index >= 15 is 4.39 Å². The number of aromatic nitrogens is 4. The van der Waals surface area contributed by atoms with Crippen LogP contribution in [0.3, 0.4) is 0 Å². The Labute approximate surface area is 199 Å². The van der Waals surface area contributed by atoms with Gasteiger partial charge in [-0.3, -0.25) is 9.36 Å². The number of rotatable bonds is 4. The smallest absolute Gasteiger partial charge is 0.160 e. The van der Waals surface area contributed by atoms with E-state index in [2.05, 4.69) is 33.1 Å². The minimum Gasteiger partial charge on any atom is -0.379 e. The summed E-state index contributed by atoms with van der Waals surface area (Å²) < 4.78 is 25.0. The summed E-state index contributed by atoms with van der Waals surface area (Å²) in [6, 6.07) is 3.97. The standard InChI is InChI=1S/C26H31FN6O/c1-17(2)31-9-6-24-22(15-31)26(29-33(24)20-7-10-34-16-20)32-8-4-5-18-11-21(23(27)12-25(18)32)19-13-28-30(3)14-19/h11-14,20H,1,4-10,15-16H2,2-3H3. The zero-order valence-electron chi connectivity index (χ0n) is 19.9. The summed E-state index contributed by atoms with van der Waals surface area (Å²) in [7, 11) is 1.85. The number of nitrogens with zero attached hydrogens (tertiary/aromatic N) is 6. The van der Waals surface area contributed by atoms with Crippen LogP contribution in [0, 0.1) is 5.82 Å². The van der Waals surface area contributed by atoms with Gasteiger partial charge < -0.3 is 14.5 Å². The molecule has 0 bridgehead atoms. The third kappa shape index (κ3) is 3.52. The van der Waals surface area contributed by atoms with E-state index in [4.69, 9.17) is 9.84 Å². The molecule has 7 nitrogen and oxygen atoms in total. The first kappa shape index (κ1) is 21.4. The van der Waals surface area contributed by atoms with Gasteiger partial charge in [-0.2, -0.15) is 10.2 Å². The number of anilines is 2. The van der Waals surface area contributed by atoms with Crippen molar-refractivity contribution < 1.29 is 9.13 Å². The molecule has 0 N–H and O–H groups in total. The number of aryl methyl sites for hydroxylation is 2. The highest BCUT2D eigenvalue weighted by molar-refractivity contribution is 5.74. The molecule has 0 radical (unpaired) electrons. The SMILES string of the molecule is C=C(C)N1CCc2c(c(N3CCCc4cc(-c5cnn(C)c5)c(F)cc43)nn2C2CCOC2)C1. The fourth-order valence-corrected chi connectivity index (χ4v) is 5.60. The van der Waals surface area contributed by atoms with Crippen molar-refractivity contribution >= 4 is 11.5 Å². The van der Waals surface area contributed by atoms with E-state index in [0.717, 1.165) is 80.3 Å². The molecule has 2 aromatic heterocycles. The van der Waals surface area contributed by atoms with Gasteiger partial charge in [0.1, 0.15) is 5.82 Å². The average molecular weight is 463 g/mol. The number of hydrogen-bond donors (Lipinski definition) is 0. The second kappa shape index (κ2) is 8.27. The maximum Gasteiger partial charge on any atom is 0.160 e. The molecule has 1 saturated heterocycles. The third-order valence-electron chi connectivity index (χ3n) is 7.41. The van der Waals surface area contributed by atoms with Crippen molar-refractivity contribution in [2.75, 3.05) is 31.2 Å². The van der Waals surface area contributed by atoms with Gasteiger partial charge in [0.25, 0.3) is 0 Å². The third-order valence-corrected chi connectivity index (χ3v) is 7.41. The Morgan fingerprint density at radius 3 is 2.85 bits per heavy atom. The van der Waals surface area contributed by atoms with Gasteiger partial charge in [0.15, 0.2) is 5.82 Å². The molecule has 1 fully saturated rings. The van der Waals surface area contributed by atoms with Gasteiger partial charge in [0.05, 0.1) is 18.8 Å². The number of benzene rings is 1. The van der Waals surface area contributed by atoms with E-state index in [-0.39, 0.29) is 11.9 Å². The van der Waals surface area contributed by atoms with Crippen LogP contribution in [0.5, 0.6) is 0 Å². The lowest BCUT2D eigenvalue weighted by atomic mass is 9.96. The van der Waals surface area contributed by atoms with E-state index in [1.54, 1.807) is 16.9 Å². The monoisotopic (exact) mass is 462 g/mol. The lowest BCUT2D eigenvalue weighted by molar-refractivity contribution is 0.183. The first-order valence-corrected chi connectivity index (χ1v) is 12.2. The molecule has 1 aromatic carbocycles. The van der Waals surface area contributed by atoms with Crippen molar-refractivity contribution in [2.24, 2.45) is 7.05 Å². The number of hydrogen-bond acceptors (Lipinski definition) is 5. The normalized spacial score (nSPS) is 19.9. The predicted molar refractivity (Wildman–Crippen MR) is 130 cm³/mol. The van der Waals surface area contributed by atoms with Crippen molar-refractivity contribution in [3.63, 3.8) is 0 Å². The molecular formula is C26H31FN6O. The lowest BCUT2D eigenvalue weighted by Gasteiger charge is -2.34. The zero-order valence-corrected chi connectivity index (χ0v) is 19.9. The Bertz CT molecular complexity index is 1250. The highest BCUT2D eigenvalue weighted by Gasteiger charge is 2.33. The molecule has 1 unspecified atom stereocenters. The molecule has 8 heteroatoms. The topological polar surface area (TPSA) is 51.3 Å².